The van der Waals surface area contributed by atoms with Crippen LogP contribution in [0.2, 0.25) is 0 Å². The summed E-state index contributed by atoms with van der Waals surface area (Å²) < 4.78 is 24.2. The van der Waals surface area contributed by atoms with Gasteiger partial charge in [-0.25, -0.2) is 9.37 Å². The zero-order chi connectivity index (χ0) is 14.5. The van der Waals surface area contributed by atoms with E-state index < -0.39 is 5.82 Å². The first-order valence-corrected chi connectivity index (χ1v) is 5.55. The lowest BCUT2D eigenvalue weighted by Crippen LogP contribution is -1.97. The molecule has 0 amide bonds. The third kappa shape index (κ3) is 2.72. The average Bonchev–Trinajstić information content (AvgIpc) is 2.49. The maximum absolute atomic E-state index is 13.9. The minimum absolute atomic E-state index is 0.0557. The molecule has 0 aliphatic heterocycles. The molecular formula is C14H9FN2O3. The van der Waals surface area contributed by atoms with Gasteiger partial charge < -0.3 is 9.47 Å². The molecule has 0 atom stereocenters. The van der Waals surface area contributed by atoms with Crippen LogP contribution in [0.15, 0.2) is 30.3 Å². The van der Waals surface area contributed by atoms with E-state index in [9.17, 15) is 9.18 Å². The molecule has 100 valence electrons. The molecule has 20 heavy (non-hydrogen) atoms. The maximum atomic E-state index is 13.9. The first kappa shape index (κ1) is 13.5. The van der Waals surface area contributed by atoms with Crippen molar-refractivity contribution < 1.29 is 18.7 Å². The predicted octanol–water partition coefficient (Wildman–Crippen LogP) is 2.71. The Labute approximate surface area is 114 Å². The van der Waals surface area contributed by atoms with Gasteiger partial charge in [0.25, 0.3) is 0 Å². The Kier molecular flexibility index (Phi) is 3.91. The quantitative estimate of drug-likeness (QED) is 0.800. The van der Waals surface area contributed by atoms with Crippen LogP contribution in [-0.4, -0.2) is 18.4 Å². The third-order valence-corrected chi connectivity index (χ3v) is 2.43. The lowest BCUT2D eigenvalue weighted by atomic mass is 10.2. The summed E-state index contributed by atoms with van der Waals surface area (Å²) in [7, 11) is 1.33. The average molecular weight is 272 g/mol. The third-order valence-electron chi connectivity index (χ3n) is 2.43. The summed E-state index contributed by atoms with van der Waals surface area (Å²) in [4.78, 5) is 14.5. The molecule has 1 aromatic carbocycles. The number of rotatable bonds is 4. The van der Waals surface area contributed by atoms with Crippen LogP contribution in [-0.2, 0) is 0 Å². The predicted molar refractivity (Wildman–Crippen MR) is 67.4 cm³/mol. The summed E-state index contributed by atoms with van der Waals surface area (Å²) in [5.74, 6) is -0.826. The fourth-order valence-corrected chi connectivity index (χ4v) is 1.55. The van der Waals surface area contributed by atoms with Gasteiger partial charge in [0.15, 0.2) is 11.6 Å². The van der Waals surface area contributed by atoms with Gasteiger partial charge in [0.2, 0.25) is 11.6 Å². The molecule has 0 fully saturated rings. The molecule has 0 aliphatic rings. The number of pyridine rings is 1. The first-order valence-electron chi connectivity index (χ1n) is 5.55. The number of hydrogen-bond donors (Lipinski definition) is 0. The molecule has 1 heterocycles. The number of nitrogens with zero attached hydrogens (tertiary/aromatic N) is 2. The Balaban J connectivity index is 2.42. The van der Waals surface area contributed by atoms with Gasteiger partial charge in [-0.1, -0.05) is 6.07 Å². The number of ether oxygens (including phenoxy) is 2. The van der Waals surface area contributed by atoms with Gasteiger partial charge in [-0.3, -0.25) is 4.79 Å². The van der Waals surface area contributed by atoms with Crippen molar-refractivity contribution in [3.8, 4) is 23.4 Å². The molecule has 0 bridgehead atoms. The van der Waals surface area contributed by atoms with E-state index in [1.165, 1.54) is 25.3 Å². The zero-order valence-electron chi connectivity index (χ0n) is 10.5. The smallest absolute Gasteiger partial charge is 0.220 e. The van der Waals surface area contributed by atoms with E-state index in [1.807, 2.05) is 6.07 Å². The van der Waals surface area contributed by atoms with E-state index in [4.69, 9.17) is 14.7 Å². The van der Waals surface area contributed by atoms with Gasteiger partial charge in [-0.2, -0.15) is 5.26 Å². The van der Waals surface area contributed by atoms with Gasteiger partial charge in [0, 0.05) is 11.6 Å². The summed E-state index contributed by atoms with van der Waals surface area (Å²) in [6, 6.07) is 8.76. The van der Waals surface area contributed by atoms with E-state index in [0.717, 1.165) is 6.07 Å². The SMILES string of the molecule is COc1cc(C=O)cc(F)c1Oc1cccc(C#N)n1. The zero-order valence-corrected chi connectivity index (χ0v) is 10.5. The normalized spacial score (nSPS) is 9.65. The number of methoxy groups -OCH3 is 1. The molecule has 1 aromatic heterocycles. The van der Waals surface area contributed by atoms with Crippen molar-refractivity contribution in [2.24, 2.45) is 0 Å². The number of benzene rings is 1. The van der Waals surface area contributed by atoms with Gasteiger partial charge in [0.05, 0.1) is 7.11 Å². The van der Waals surface area contributed by atoms with Crippen LogP contribution in [0.4, 0.5) is 4.39 Å². The monoisotopic (exact) mass is 272 g/mol. The minimum atomic E-state index is -0.754. The highest BCUT2D eigenvalue weighted by molar-refractivity contribution is 5.76. The lowest BCUT2D eigenvalue weighted by Gasteiger charge is -2.11. The number of aromatic nitrogens is 1. The van der Waals surface area contributed by atoms with E-state index in [1.54, 1.807) is 6.07 Å². The summed E-state index contributed by atoms with van der Waals surface area (Å²) in [6.45, 7) is 0. The molecule has 0 unspecified atom stereocenters. The van der Waals surface area contributed by atoms with Crippen molar-refractivity contribution in [2.75, 3.05) is 7.11 Å². The van der Waals surface area contributed by atoms with Gasteiger partial charge in [0.1, 0.15) is 18.0 Å². The van der Waals surface area contributed by atoms with Crippen LogP contribution in [0, 0.1) is 17.1 Å². The van der Waals surface area contributed by atoms with E-state index >= 15 is 0 Å². The molecule has 0 radical (unpaired) electrons. The summed E-state index contributed by atoms with van der Waals surface area (Å²) in [5, 5.41) is 8.75. The number of aldehydes is 1. The second-order valence-electron chi connectivity index (χ2n) is 3.73. The Bertz CT molecular complexity index is 695. The highest BCUT2D eigenvalue weighted by atomic mass is 19.1. The van der Waals surface area contributed by atoms with Crippen LogP contribution >= 0.6 is 0 Å². The first-order chi connectivity index (χ1) is 9.67. The summed E-state index contributed by atoms with van der Waals surface area (Å²) in [5.41, 5.74) is 0.275. The number of nitriles is 1. The molecule has 2 rings (SSSR count). The van der Waals surface area contributed by atoms with Gasteiger partial charge in [-0.05, 0) is 18.2 Å². The van der Waals surface area contributed by atoms with E-state index in [2.05, 4.69) is 4.98 Å². The van der Waals surface area contributed by atoms with Crippen LogP contribution < -0.4 is 9.47 Å². The van der Waals surface area contributed by atoms with Crippen LogP contribution in [0.5, 0.6) is 17.4 Å². The molecule has 0 aliphatic carbocycles. The van der Waals surface area contributed by atoms with Crippen molar-refractivity contribution in [3.05, 3.63) is 47.4 Å². The molecular weight excluding hydrogens is 263 g/mol. The Morgan fingerprint density at radius 1 is 1.40 bits per heavy atom. The molecule has 2 aromatic rings. The van der Waals surface area contributed by atoms with Crippen LogP contribution in [0.1, 0.15) is 16.1 Å². The molecule has 0 saturated carbocycles. The maximum Gasteiger partial charge on any atom is 0.220 e. The summed E-state index contributed by atoms with van der Waals surface area (Å²) >= 11 is 0. The largest absolute Gasteiger partial charge is 0.493 e. The highest BCUT2D eigenvalue weighted by Crippen LogP contribution is 2.34. The minimum Gasteiger partial charge on any atom is -0.493 e. The molecule has 5 nitrogen and oxygen atoms in total. The second kappa shape index (κ2) is 5.80. The van der Waals surface area contributed by atoms with Crippen molar-refractivity contribution >= 4 is 6.29 Å². The molecule has 6 heteroatoms. The topological polar surface area (TPSA) is 72.2 Å². The molecule has 0 saturated heterocycles. The van der Waals surface area contributed by atoms with Crippen molar-refractivity contribution in [1.82, 2.24) is 4.98 Å². The standard InChI is InChI=1S/C14H9FN2O3/c1-19-12-6-9(8-18)5-11(15)14(12)20-13-4-2-3-10(7-16)17-13/h2-6,8H,1H3. The van der Waals surface area contributed by atoms with Crippen molar-refractivity contribution in [2.45, 2.75) is 0 Å². The van der Waals surface area contributed by atoms with E-state index in [-0.39, 0.29) is 28.6 Å². The lowest BCUT2D eigenvalue weighted by molar-refractivity contribution is 0.112. The van der Waals surface area contributed by atoms with Crippen LogP contribution in [0.25, 0.3) is 0 Å². The molecule has 0 spiro atoms. The Morgan fingerprint density at radius 3 is 2.85 bits per heavy atom. The fraction of sp³-hybridized carbons (Fsp3) is 0.0714. The fourth-order valence-electron chi connectivity index (χ4n) is 1.55. The summed E-state index contributed by atoms with van der Waals surface area (Å²) in [6.07, 6.45) is 0.504. The van der Waals surface area contributed by atoms with Crippen molar-refractivity contribution in [3.63, 3.8) is 0 Å². The van der Waals surface area contributed by atoms with Gasteiger partial charge >= 0.3 is 0 Å². The number of halogens is 1. The number of hydrogen-bond acceptors (Lipinski definition) is 5. The number of carbonyl (C=O) groups is 1. The van der Waals surface area contributed by atoms with E-state index in [0.29, 0.717) is 6.29 Å². The highest BCUT2D eigenvalue weighted by Gasteiger charge is 2.15. The Hall–Kier alpha value is -2.94. The second-order valence-corrected chi connectivity index (χ2v) is 3.73. The number of carbonyl (C=O) groups excluding carboxylic acids is 1. The Morgan fingerprint density at radius 2 is 2.20 bits per heavy atom. The molecule has 0 N–H and O–H groups in total. The van der Waals surface area contributed by atoms with Gasteiger partial charge in [-0.15, -0.1) is 0 Å². The van der Waals surface area contributed by atoms with Crippen LogP contribution in [0.3, 0.4) is 0 Å². The van der Waals surface area contributed by atoms with Crippen molar-refractivity contribution in [1.29, 1.82) is 5.26 Å².